The van der Waals surface area contributed by atoms with Gasteiger partial charge < -0.3 is 5.32 Å². The van der Waals surface area contributed by atoms with Gasteiger partial charge in [-0.05, 0) is 12.1 Å². The molecule has 1 saturated heterocycles. The molecule has 2 heterocycles. The van der Waals surface area contributed by atoms with Crippen molar-refractivity contribution in [3.05, 3.63) is 24.0 Å². The number of carbonyl (C=O) groups is 1. The number of halogens is 3. The van der Waals surface area contributed by atoms with Gasteiger partial charge in [0.1, 0.15) is 5.69 Å². The van der Waals surface area contributed by atoms with Crippen LogP contribution in [-0.2, 0) is 6.18 Å². The van der Waals surface area contributed by atoms with Crippen molar-refractivity contribution in [1.82, 2.24) is 10.3 Å². The SMILES string of the molecule is O=C1NCCN1c1ccc(C(F)(F)F)nc1. The molecule has 0 atom stereocenters. The number of urea groups is 1. The molecule has 1 fully saturated rings. The van der Waals surface area contributed by atoms with Crippen molar-refractivity contribution in [1.29, 1.82) is 0 Å². The van der Waals surface area contributed by atoms with E-state index in [1.165, 1.54) is 11.0 Å². The number of nitrogens with zero attached hydrogens (tertiary/aromatic N) is 2. The van der Waals surface area contributed by atoms with Gasteiger partial charge in [-0.1, -0.05) is 0 Å². The fourth-order valence-corrected chi connectivity index (χ4v) is 1.43. The molecule has 7 heteroatoms. The molecule has 1 aliphatic rings. The Hall–Kier alpha value is -1.79. The number of carbonyl (C=O) groups excluding carboxylic acids is 1. The fraction of sp³-hybridized carbons (Fsp3) is 0.333. The van der Waals surface area contributed by atoms with Gasteiger partial charge in [0.25, 0.3) is 0 Å². The van der Waals surface area contributed by atoms with Gasteiger partial charge in [0.05, 0.1) is 11.9 Å². The lowest BCUT2D eigenvalue weighted by Crippen LogP contribution is -2.27. The second-order valence-electron chi connectivity index (χ2n) is 3.28. The molecule has 0 saturated carbocycles. The minimum atomic E-state index is -4.45. The predicted molar refractivity (Wildman–Crippen MR) is 50.0 cm³/mol. The third-order valence-corrected chi connectivity index (χ3v) is 2.21. The van der Waals surface area contributed by atoms with Crippen LogP contribution < -0.4 is 10.2 Å². The van der Waals surface area contributed by atoms with Crippen LogP contribution in [0.15, 0.2) is 18.3 Å². The minimum Gasteiger partial charge on any atom is -0.336 e. The van der Waals surface area contributed by atoms with Crippen LogP contribution >= 0.6 is 0 Å². The molecule has 1 aliphatic heterocycles. The van der Waals surface area contributed by atoms with Gasteiger partial charge in [0.15, 0.2) is 0 Å². The third kappa shape index (κ3) is 1.93. The van der Waals surface area contributed by atoms with E-state index in [1.807, 2.05) is 0 Å². The summed E-state index contributed by atoms with van der Waals surface area (Å²) in [6, 6.07) is 1.78. The summed E-state index contributed by atoms with van der Waals surface area (Å²) in [5.41, 5.74) is -0.598. The summed E-state index contributed by atoms with van der Waals surface area (Å²) >= 11 is 0. The maximum Gasteiger partial charge on any atom is 0.433 e. The Labute approximate surface area is 89.1 Å². The van der Waals surface area contributed by atoms with E-state index in [-0.39, 0.29) is 6.03 Å². The number of nitrogens with one attached hydrogen (secondary N) is 1. The van der Waals surface area contributed by atoms with Crippen LogP contribution in [0, 0.1) is 0 Å². The molecule has 0 bridgehead atoms. The number of hydrogen-bond donors (Lipinski definition) is 1. The van der Waals surface area contributed by atoms with E-state index in [4.69, 9.17) is 0 Å². The van der Waals surface area contributed by atoms with Crippen LogP contribution in [0.2, 0.25) is 0 Å². The highest BCUT2D eigenvalue weighted by Crippen LogP contribution is 2.28. The quantitative estimate of drug-likeness (QED) is 0.798. The van der Waals surface area contributed by atoms with E-state index in [0.29, 0.717) is 18.8 Å². The lowest BCUT2D eigenvalue weighted by atomic mass is 10.3. The van der Waals surface area contributed by atoms with Crippen molar-refractivity contribution in [2.75, 3.05) is 18.0 Å². The zero-order chi connectivity index (χ0) is 11.8. The first kappa shape index (κ1) is 10.7. The standard InChI is InChI=1S/C9H8F3N3O/c10-9(11,12)7-2-1-6(5-14-7)15-4-3-13-8(15)16/h1-2,5H,3-4H2,(H,13,16). The second-order valence-corrected chi connectivity index (χ2v) is 3.28. The summed E-state index contributed by atoms with van der Waals surface area (Å²) in [7, 11) is 0. The molecule has 86 valence electrons. The van der Waals surface area contributed by atoms with Gasteiger partial charge in [-0.2, -0.15) is 13.2 Å². The molecule has 0 aromatic carbocycles. The topological polar surface area (TPSA) is 45.2 Å². The number of hydrogen-bond acceptors (Lipinski definition) is 2. The van der Waals surface area contributed by atoms with Crippen LogP contribution in [0.1, 0.15) is 5.69 Å². The van der Waals surface area contributed by atoms with Gasteiger partial charge in [0.2, 0.25) is 0 Å². The molecule has 0 unspecified atom stereocenters. The normalized spacial score (nSPS) is 16.4. The monoisotopic (exact) mass is 231 g/mol. The van der Waals surface area contributed by atoms with Crippen LogP contribution in [-0.4, -0.2) is 24.1 Å². The largest absolute Gasteiger partial charge is 0.433 e. The maximum atomic E-state index is 12.2. The smallest absolute Gasteiger partial charge is 0.336 e. The van der Waals surface area contributed by atoms with Gasteiger partial charge >= 0.3 is 12.2 Å². The molecule has 0 aliphatic carbocycles. The van der Waals surface area contributed by atoms with Crippen molar-refractivity contribution >= 4 is 11.7 Å². The van der Waals surface area contributed by atoms with Gasteiger partial charge in [-0.15, -0.1) is 0 Å². The zero-order valence-corrected chi connectivity index (χ0v) is 8.08. The van der Waals surface area contributed by atoms with E-state index >= 15 is 0 Å². The van der Waals surface area contributed by atoms with Crippen LogP contribution in [0.4, 0.5) is 23.7 Å². The Morgan fingerprint density at radius 3 is 2.56 bits per heavy atom. The average Bonchev–Trinajstić information content (AvgIpc) is 2.63. The molecular weight excluding hydrogens is 223 g/mol. The molecule has 4 nitrogen and oxygen atoms in total. The lowest BCUT2D eigenvalue weighted by Gasteiger charge is -2.14. The Bertz CT molecular complexity index is 401. The van der Waals surface area contributed by atoms with Crippen molar-refractivity contribution in [3.63, 3.8) is 0 Å². The highest BCUT2D eigenvalue weighted by Gasteiger charge is 2.32. The Balaban J connectivity index is 2.22. The highest BCUT2D eigenvalue weighted by molar-refractivity contribution is 5.93. The molecule has 0 spiro atoms. The number of rotatable bonds is 1. The number of alkyl halides is 3. The van der Waals surface area contributed by atoms with E-state index in [9.17, 15) is 18.0 Å². The summed E-state index contributed by atoms with van der Waals surface area (Å²) in [5, 5.41) is 2.55. The lowest BCUT2D eigenvalue weighted by molar-refractivity contribution is -0.141. The number of pyridine rings is 1. The first-order valence-electron chi connectivity index (χ1n) is 4.57. The highest BCUT2D eigenvalue weighted by atomic mass is 19.4. The zero-order valence-electron chi connectivity index (χ0n) is 8.08. The summed E-state index contributed by atoms with van der Waals surface area (Å²) in [5.74, 6) is 0. The summed E-state index contributed by atoms with van der Waals surface area (Å²) in [6.45, 7) is 0.922. The molecule has 2 rings (SSSR count). The van der Waals surface area contributed by atoms with Crippen molar-refractivity contribution in [2.45, 2.75) is 6.18 Å². The average molecular weight is 231 g/mol. The molecule has 1 N–H and O–H groups in total. The molecular formula is C9H8F3N3O. The summed E-state index contributed by atoms with van der Waals surface area (Å²) in [6.07, 6.45) is -3.40. The van der Waals surface area contributed by atoms with Crippen LogP contribution in [0.5, 0.6) is 0 Å². The van der Waals surface area contributed by atoms with E-state index in [1.54, 1.807) is 0 Å². The number of aromatic nitrogens is 1. The van der Waals surface area contributed by atoms with E-state index in [0.717, 1.165) is 12.3 Å². The first-order valence-corrected chi connectivity index (χ1v) is 4.57. The Morgan fingerprint density at radius 1 is 1.38 bits per heavy atom. The number of anilines is 1. The van der Waals surface area contributed by atoms with Crippen molar-refractivity contribution < 1.29 is 18.0 Å². The minimum absolute atomic E-state index is 0.318. The van der Waals surface area contributed by atoms with Crippen LogP contribution in [0.25, 0.3) is 0 Å². The Morgan fingerprint density at radius 2 is 2.12 bits per heavy atom. The molecule has 1 aromatic rings. The fourth-order valence-electron chi connectivity index (χ4n) is 1.43. The van der Waals surface area contributed by atoms with Gasteiger partial charge in [0, 0.05) is 13.1 Å². The Kier molecular flexibility index (Phi) is 2.45. The maximum absolute atomic E-state index is 12.2. The van der Waals surface area contributed by atoms with E-state index in [2.05, 4.69) is 10.3 Å². The summed E-state index contributed by atoms with van der Waals surface area (Å²) < 4.78 is 36.7. The third-order valence-electron chi connectivity index (χ3n) is 2.21. The van der Waals surface area contributed by atoms with Crippen molar-refractivity contribution in [3.8, 4) is 0 Å². The first-order chi connectivity index (χ1) is 7.48. The predicted octanol–water partition coefficient (Wildman–Crippen LogP) is 1.63. The van der Waals surface area contributed by atoms with Crippen molar-refractivity contribution in [2.24, 2.45) is 0 Å². The van der Waals surface area contributed by atoms with Gasteiger partial charge in [-0.25, -0.2) is 9.78 Å². The second kappa shape index (κ2) is 3.66. The van der Waals surface area contributed by atoms with Crippen LogP contribution in [0.3, 0.4) is 0 Å². The van der Waals surface area contributed by atoms with E-state index < -0.39 is 11.9 Å². The molecule has 0 radical (unpaired) electrons. The van der Waals surface area contributed by atoms with Gasteiger partial charge in [-0.3, -0.25) is 4.90 Å². The molecule has 1 aromatic heterocycles. The molecule has 16 heavy (non-hydrogen) atoms. The summed E-state index contributed by atoms with van der Waals surface area (Å²) in [4.78, 5) is 15.8. The number of amides is 2. The molecule has 2 amide bonds.